The molecule has 158 valence electrons. The summed E-state index contributed by atoms with van der Waals surface area (Å²) in [4.78, 5) is 2.54. The summed E-state index contributed by atoms with van der Waals surface area (Å²) in [6.07, 6.45) is 3.96. The summed E-state index contributed by atoms with van der Waals surface area (Å²) >= 11 is 0. The fourth-order valence-electron chi connectivity index (χ4n) is 3.05. The van der Waals surface area contributed by atoms with Gasteiger partial charge in [0.1, 0.15) is 0 Å². The summed E-state index contributed by atoms with van der Waals surface area (Å²) in [5, 5.41) is 0. The Balaban J connectivity index is 0.000000481. The Labute approximate surface area is 166 Å². The van der Waals surface area contributed by atoms with Gasteiger partial charge in [0.2, 0.25) is 0 Å². The minimum atomic E-state index is 0.0147. The maximum absolute atomic E-state index is 5.88. The first-order chi connectivity index (χ1) is 11.3. The number of hydrogen-bond donors (Lipinski definition) is 0. The first kappa shape index (κ1) is 25.9. The van der Waals surface area contributed by atoms with Crippen molar-refractivity contribution in [3.05, 3.63) is 0 Å². The molecule has 0 amide bonds. The van der Waals surface area contributed by atoms with Gasteiger partial charge in [-0.2, -0.15) is 0 Å². The number of hydrogen-bond acceptors (Lipinski definition) is 2. The molecule has 0 bridgehead atoms. The standard InChI is InChI=1S/C12H27N.C12H24O/c1-8-13(12(5,6)7)10-9-11(2,3)4;1-10(2,3)12(7-8-12)9-13-11(4,5)6/h8-10H2,1-7H3;7-9H2,1-6H3. The molecule has 0 radical (unpaired) electrons. The summed E-state index contributed by atoms with van der Waals surface area (Å²) in [5.41, 5.74) is 1.66. The predicted molar refractivity (Wildman–Crippen MR) is 118 cm³/mol. The third kappa shape index (κ3) is 10.3. The second-order valence-electron chi connectivity index (χ2n) is 12.5. The molecule has 0 heterocycles. The Bertz CT molecular complexity index is 394. The van der Waals surface area contributed by atoms with E-state index in [0.29, 0.717) is 21.8 Å². The van der Waals surface area contributed by atoms with Crippen LogP contribution >= 0.6 is 0 Å². The second kappa shape index (κ2) is 8.95. The average molecular weight is 370 g/mol. The van der Waals surface area contributed by atoms with Crippen LogP contribution in [0.2, 0.25) is 0 Å². The third-order valence-corrected chi connectivity index (χ3v) is 5.69. The summed E-state index contributed by atoms with van der Waals surface area (Å²) in [7, 11) is 0. The zero-order chi connectivity index (χ0) is 21.0. The lowest BCUT2D eigenvalue weighted by atomic mass is 9.78. The fraction of sp³-hybridized carbons (Fsp3) is 1.00. The SMILES string of the molecule is CC(C)(C)OCC1(C(C)(C)C)CC1.CCN(CCC(C)(C)C)C(C)(C)C. The first-order valence-electron chi connectivity index (χ1n) is 10.7. The van der Waals surface area contributed by atoms with E-state index in [4.69, 9.17) is 4.74 Å². The van der Waals surface area contributed by atoms with Crippen LogP contribution < -0.4 is 0 Å². The summed E-state index contributed by atoms with van der Waals surface area (Å²) in [6.45, 7) is 32.7. The Hall–Kier alpha value is -0.0800. The first-order valence-corrected chi connectivity index (χ1v) is 10.7. The topological polar surface area (TPSA) is 12.5 Å². The number of rotatable bonds is 5. The second-order valence-corrected chi connectivity index (χ2v) is 12.5. The van der Waals surface area contributed by atoms with Crippen LogP contribution in [0.3, 0.4) is 0 Å². The van der Waals surface area contributed by atoms with Crippen LogP contribution in [-0.4, -0.2) is 35.7 Å². The molecule has 1 fully saturated rings. The quantitative estimate of drug-likeness (QED) is 0.509. The molecule has 2 heteroatoms. The highest BCUT2D eigenvalue weighted by atomic mass is 16.5. The minimum Gasteiger partial charge on any atom is -0.375 e. The predicted octanol–water partition coefficient (Wildman–Crippen LogP) is 7.17. The molecule has 0 aliphatic heterocycles. The van der Waals surface area contributed by atoms with Crippen LogP contribution in [0.25, 0.3) is 0 Å². The molecular weight excluding hydrogens is 318 g/mol. The van der Waals surface area contributed by atoms with Gasteiger partial charge in [-0.05, 0) is 90.1 Å². The average Bonchev–Trinajstić information content (AvgIpc) is 3.14. The van der Waals surface area contributed by atoms with Crippen LogP contribution in [0.15, 0.2) is 0 Å². The van der Waals surface area contributed by atoms with E-state index in [1.165, 1.54) is 25.8 Å². The molecule has 0 atom stereocenters. The van der Waals surface area contributed by atoms with E-state index in [0.717, 1.165) is 13.2 Å². The minimum absolute atomic E-state index is 0.0147. The van der Waals surface area contributed by atoms with E-state index in [9.17, 15) is 0 Å². The van der Waals surface area contributed by atoms with E-state index in [1.807, 2.05) is 0 Å². The molecule has 0 aromatic carbocycles. The van der Waals surface area contributed by atoms with Crippen molar-refractivity contribution in [3.8, 4) is 0 Å². The van der Waals surface area contributed by atoms with Crippen molar-refractivity contribution in [2.75, 3.05) is 19.7 Å². The summed E-state index contributed by atoms with van der Waals surface area (Å²) in [6, 6.07) is 0. The lowest BCUT2D eigenvalue weighted by Gasteiger charge is -2.36. The van der Waals surface area contributed by atoms with Gasteiger partial charge in [-0.3, -0.25) is 4.90 Å². The van der Waals surface area contributed by atoms with E-state index in [2.05, 4.69) is 94.9 Å². The zero-order valence-electron chi connectivity index (χ0n) is 20.6. The Morgan fingerprint density at radius 1 is 0.808 bits per heavy atom. The molecule has 1 aliphatic rings. The molecule has 1 aliphatic carbocycles. The van der Waals surface area contributed by atoms with Crippen LogP contribution in [0.4, 0.5) is 0 Å². The summed E-state index contributed by atoms with van der Waals surface area (Å²) < 4.78 is 5.88. The molecule has 2 nitrogen and oxygen atoms in total. The maximum Gasteiger partial charge on any atom is 0.0598 e. The highest BCUT2D eigenvalue weighted by Crippen LogP contribution is 2.58. The van der Waals surface area contributed by atoms with Crippen LogP contribution in [-0.2, 0) is 4.74 Å². The molecular formula is C24H51NO. The monoisotopic (exact) mass is 369 g/mol. The van der Waals surface area contributed by atoms with Gasteiger partial charge in [0.05, 0.1) is 12.2 Å². The van der Waals surface area contributed by atoms with Gasteiger partial charge in [-0.15, -0.1) is 0 Å². The highest BCUT2D eigenvalue weighted by Gasteiger charge is 2.52. The fourth-order valence-corrected chi connectivity index (χ4v) is 3.05. The number of ether oxygens (including phenoxy) is 1. The molecule has 1 saturated carbocycles. The highest BCUT2D eigenvalue weighted by molar-refractivity contribution is 5.01. The van der Waals surface area contributed by atoms with Crippen molar-refractivity contribution >= 4 is 0 Å². The third-order valence-electron chi connectivity index (χ3n) is 5.69. The molecule has 0 N–H and O–H groups in total. The van der Waals surface area contributed by atoms with Crippen molar-refractivity contribution in [1.29, 1.82) is 0 Å². The van der Waals surface area contributed by atoms with Gasteiger partial charge in [-0.25, -0.2) is 0 Å². The lowest BCUT2D eigenvalue weighted by molar-refractivity contribution is -0.0504. The maximum atomic E-state index is 5.88. The van der Waals surface area contributed by atoms with Crippen molar-refractivity contribution in [1.82, 2.24) is 4.90 Å². The molecule has 0 unspecified atom stereocenters. The van der Waals surface area contributed by atoms with Gasteiger partial charge in [0, 0.05) is 5.54 Å². The largest absolute Gasteiger partial charge is 0.375 e. The van der Waals surface area contributed by atoms with E-state index in [-0.39, 0.29) is 5.60 Å². The van der Waals surface area contributed by atoms with E-state index in [1.54, 1.807) is 0 Å². The van der Waals surface area contributed by atoms with Gasteiger partial charge in [0.25, 0.3) is 0 Å². The van der Waals surface area contributed by atoms with Crippen molar-refractivity contribution < 1.29 is 4.74 Å². The van der Waals surface area contributed by atoms with Crippen LogP contribution in [0.5, 0.6) is 0 Å². The Morgan fingerprint density at radius 2 is 1.27 bits per heavy atom. The van der Waals surface area contributed by atoms with Gasteiger partial charge < -0.3 is 4.74 Å². The molecule has 0 aromatic rings. The van der Waals surface area contributed by atoms with Gasteiger partial charge in [-0.1, -0.05) is 48.5 Å². The molecule has 0 saturated heterocycles. The lowest BCUT2D eigenvalue weighted by Crippen LogP contribution is -2.42. The van der Waals surface area contributed by atoms with Crippen molar-refractivity contribution in [3.63, 3.8) is 0 Å². The molecule has 0 spiro atoms. The Morgan fingerprint density at radius 3 is 1.50 bits per heavy atom. The number of nitrogens with zero attached hydrogens (tertiary/aromatic N) is 1. The molecule has 26 heavy (non-hydrogen) atoms. The van der Waals surface area contributed by atoms with Crippen molar-refractivity contribution in [2.24, 2.45) is 16.2 Å². The normalized spacial score (nSPS) is 17.8. The summed E-state index contributed by atoms with van der Waals surface area (Å²) in [5.74, 6) is 0. The van der Waals surface area contributed by atoms with Crippen LogP contribution in [0.1, 0.15) is 109 Å². The van der Waals surface area contributed by atoms with Gasteiger partial charge >= 0.3 is 0 Å². The van der Waals surface area contributed by atoms with Crippen molar-refractivity contribution in [2.45, 2.75) is 120 Å². The zero-order valence-corrected chi connectivity index (χ0v) is 20.6. The van der Waals surface area contributed by atoms with E-state index < -0.39 is 0 Å². The molecule has 0 aromatic heterocycles. The Kier molecular flexibility index (Phi) is 8.92. The van der Waals surface area contributed by atoms with Gasteiger partial charge in [0.15, 0.2) is 0 Å². The van der Waals surface area contributed by atoms with E-state index >= 15 is 0 Å². The molecule has 1 rings (SSSR count). The smallest absolute Gasteiger partial charge is 0.0598 e. The van der Waals surface area contributed by atoms with Crippen LogP contribution in [0, 0.1) is 16.2 Å².